The molecule has 0 saturated heterocycles. The van der Waals surface area contributed by atoms with Crippen LogP contribution in [0.15, 0.2) is 35.6 Å². The van der Waals surface area contributed by atoms with Gasteiger partial charge < -0.3 is 14.6 Å². The molecule has 0 spiro atoms. The number of aliphatic hydroxyl groups is 1. The standard InChI is InChI=1S/C19H22O4/c1-3-4-5-6-7-8-17-16(18(20)19(21)23-17)13-14-9-11-15(22-2)12-10-14/h9-12,17,20H,3-6,13H2,1-2H3. The van der Waals surface area contributed by atoms with Gasteiger partial charge in [0.1, 0.15) is 5.75 Å². The Morgan fingerprint density at radius 2 is 2.00 bits per heavy atom. The molecule has 1 aliphatic heterocycles. The lowest BCUT2D eigenvalue weighted by Crippen LogP contribution is -2.10. The summed E-state index contributed by atoms with van der Waals surface area (Å²) in [6.07, 6.45) is 3.87. The second kappa shape index (κ2) is 8.28. The first kappa shape index (κ1) is 17.0. The van der Waals surface area contributed by atoms with Gasteiger partial charge in [0.05, 0.1) is 7.11 Å². The summed E-state index contributed by atoms with van der Waals surface area (Å²) in [6, 6.07) is 7.48. The van der Waals surface area contributed by atoms with Gasteiger partial charge in [0.15, 0.2) is 6.10 Å². The van der Waals surface area contributed by atoms with Crippen molar-refractivity contribution in [2.24, 2.45) is 0 Å². The largest absolute Gasteiger partial charge is 0.502 e. The summed E-state index contributed by atoms with van der Waals surface area (Å²) in [7, 11) is 1.61. The van der Waals surface area contributed by atoms with Crippen molar-refractivity contribution in [2.45, 2.75) is 45.1 Å². The maximum atomic E-state index is 11.6. The molecule has 1 aliphatic rings. The molecule has 1 aromatic rings. The molecular weight excluding hydrogens is 292 g/mol. The SMILES string of the molecule is CCCCCC#CC1OC(=O)C(O)=C1Cc1ccc(OC)cc1. The summed E-state index contributed by atoms with van der Waals surface area (Å²) in [4.78, 5) is 11.6. The molecule has 23 heavy (non-hydrogen) atoms. The van der Waals surface area contributed by atoms with Crippen LogP contribution < -0.4 is 4.74 Å². The minimum atomic E-state index is -0.693. The van der Waals surface area contributed by atoms with E-state index in [2.05, 4.69) is 18.8 Å². The zero-order chi connectivity index (χ0) is 16.7. The Morgan fingerprint density at radius 1 is 1.26 bits per heavy atom. The van der Waals surface area contributed by atoms with Crippen molar-refractivity contribution in [3.05, 3.63) is 41.2 Å². The highest BCUT2D eigenvalue weighted by molar-refractivity contribution is 5.90. The fraction of sp³-hybridized carbons (Fsp3) is 0.421. The second-order valence-electron chi connectivity index (χ2n) is 5.46. The van der Waals surface area contributed by atoms with Crippen LogP contribution in [-0.2, 0) is 16.0 Å². The maximum absolute atomic E-state index is 11.6. The van der Waals surface area contributed by atoms with Crippen molar-refractivity contribution in [3.63, 3.8) is 0 Å². The van der Waals surface area contributed by atoms with Crippen molar-refractivity contribution in [2.75, 3.05) is 7.11 Å². The highest BCUT2D eigenvalue weighted by Gasteiger charge is 2.32. The van der Waals surface area contributed by atoms with Gasteiger partial charge in [-0.05, 0) is 24.1 Å². The van der Waals surface area contributed by atoms with E-state index < -0.39 is 12.1 Å². The smallest absolute Gasteiger partial charge is 0.375 e. The molecule has 2 rings (SSSR count). The van der Waals surface area contributed by atoms with Crippen molar-refractivity contribution in [3.8, 4) is 17.6 Å². The average molecular weight is 314 g/mol. The molecule has 0 aliphatic carbocycles. The van der Waals surface area contributed by atoms with Crippen LogP contribution in [0.25, 0.3) is 0 Å². The van der Waals surface area contributed by atoms with Crippen LogP contribution in [0.4, 0.5) is 0 Å². The fourth-order valence-corrected chi connectivity index (χ4v) is 2.37. The monoisotopic (exact) mass is 314 g/mol. The number of benzene rings is 1. The minimum Gasteiger partial charge on any atom is -0.502 e. The molecule has 0 fully saturated rings. The van der Waals surface area contributed by atoms with Gasteiger partial charge in [-0.25, -0.2) is 4.79 Å². The van der Waals surface area contributed by atoms with Crippen LogP contribution in [0.2, 0.25) is 0 Å². The van der Waals surface area contributed by atoms with Crippen molar-refractivity contribution in [1.82, 2.24) is 0 Å². The molecule has 0 aromatic heterocycles. The van der Waals surface area contributed by atoms with Gasteiger partial charge in [0, 0.05) is 18.4 Å². The minimum absolute atomic E-state index is 0.311. The Bertz CT molecular complexity index is 632. The van der Waals surface area contributed by atoms with Gasteiger partial charge in [0.25, 0.3) is 0 Å². The first-order valence-corrected chi connectivity index (χ1v) is 7.90. The van der Waals surface area contributed by atoms with Gasteiger partial charge in [-0.1, -0.05) is 43.7 Å². The Morgan fingerprint density at radius 3 is 2.65 bits per heavy atom. The summed E-state index contributed by atoms with van der Waals surface area (Å²) in [6.45, 7) is 2.14. The van der Waals surface area contributed by atoms with E-state index in [1.54, 1.807) is 7.11 Å². The summed E-state index contributed by atoms with van der Waals surface area (Å²) in [5.41, 5.74) is 1.49. The Hall–Kier alpha value is -2.41. The van der Waals surface area contributed by atoms with Crippen molar-refractivity contribution >= 4 is 5.97 Å². The number of hydrogen-bond acceptors (Lipinski definition) is 4. The van der Waals surface area contributed by atoms with E-state index in [-0.39, 0.29) is 5.76 Å². The highest BCUT2D eigenvalue weighted by Crippen LogP contribution is 2.25. The van der Waals surface area contributed by atoms with Gasteiger partial charge in [0.2, 0.25) is 5.76 Å². The maximum Gasteiger partial charge on any atom is 0.375 e. The number of rotatable bonds is 6. The second-order valence-corrected chi connectivity index (χ2v) is 5.46. The summed E-state index contributed by atoms with van der Waals surface area (Å²) in [5.74, 6) is 5.76. The van der Waals surface area contributed by atoms with Crippen LogP contribution in [0.3, 0.4) is 0 Å². The summed E-state index contributed by atoms with van der Waals surface area (Å²) in [5, 5.41) is 9.94. The molecule has 0 saturated carbocycles. The first-order valence-electron chi connectivity index (χ1n) is 7.90. The van der Waals surface area contributed by atoms with Gasteiger partial charge in [-0.2, -0.15) is 0 Å². The van der Waals surface area contributed by atoms with Gasteiger partial charge in [-0.3, -0.25) is 0 Å². The molecule has 1 unspecified atom stereocenters. The average Bonchev–Trinajstić information content (AvgIpc) is 2.83. The molecule has 4 heteroatoms. The molecule has 0 amide bonds. The van der Waals surface area contributed by atoms with Crippen LogP contribution in [0.5, 0.6) is 5.75 Å². The van der Waals surface area contributed by atoms with Crippen LogP contribution in [0, 0.1) is 11.8 Å². The molecule has 1 heterocycles. The van der Waals surface area contributed by atoms with Crippen LogP contribution in [0.1, 0.15) is 38.2 Å². The fourth-order valence-electron chi connectivity index (χ4n) is 2.37. The van der Waals surface area contributed by atoms with E-state index in [0.717, 1.165) is 37.0 Å². The molecule has 1 atom stereocenters. The zero-order valence-electron chi connectivity index (χ0n) is 13.6. The predicted octanol–water partition coefficient (Wildman–Crippen LogP) is 3.56. The third-order valence-electron chi connectivity index (χ3n) is 3.73. The van der Waals surface area contributed by atoms with Crippen LogP contribution >= 0.6 is 0 Å². The van der Waals surface area contributed by atoms with Gasteiger partial charge >= 0.3 is 5.97 Å². The lowest BCUT2D eigenvalue weighted by atomic mass is 10.0. The Balaban J connectivity index is 2.07. The van der Waals surface area contributed by atoms with Crippen LogP contribution in [-0.4, -0.2) is 24.3 Å². The molecule has 1 N–H and O–H groups in total. The number of hydrogen-bond donors (Lipinski definition) is 1. The number of unbranched alkanes of at least 4 members (excludes halogenated alkanes) is 3. The van der Waals surface area contributed by atoms with E-state index in [1.807, 2.05) is 24.3 Å². The van der Waals surface area contributed by atoms with E-state index in [4.69, 9.17) is 9.47 Å². The number of methoxy groups -OCH3 is 1. The number of carbonyl (C=O) groups excluding carboxylic acids is 1. The Labute approximate surface area is 137 Å². The molecular formula is C19H22O4. The zero-order valence-corrected chi connectivity index (χ0v) is 13.6. The first-order chi connectivity index (χ1) is 11.2. The number of carbonyl (C=O) groups is 1. The Kier molecular flexibility index (Phi) is 6.10. The molecule has 1 aromatic carbocycles. The van der Waals surface area contributed by atoms with E-state index in [0.29, 0.717) is 12.0 Å². The molecule has 0 radical (unpaired) electrons. The predicted molar refractivity (Wildman–Crippen MR) is 88.2 cm³/mol. The lowest BCUT2D eigenvalue weighted by molar-refractivity contribution is -0.140. The quantitative estimate of drug-likeness (QED) is 0.495. The number of esters is 1. The van der Waals surface area contributed by atoms with Gasteiger partial charge in [-0.15, -0.1) is 0 Å². The highest BCUT2D eigenvalue weighted by atomic mass is 16.6. The summed E-state index contributed by atoms with van der Waals surface area (Å²) < 4.78 is 10.3. The number of aliphatic hydroxyl groups excluding tert-OH is 1. The lowest BCUT2D eigenvalue weighted by Gasteiger charge is -2.08. The van der Waals surface area contributed by atoms with E-state index in [1.165, 1.54) is 0 Å². The topological polar surface area (TPSA) is 55.8 Å². The van der Waals surface area contributed by atoms with Crippen molar-refractivity contribution in [1.29, 1.82) is 0 Å². The third-order valence-corrected chi connectivity index (χ3v) is 3.73. The number of ether oxygens (including phenoxy) is 2. The van der Waals surface area contributed by atoms with E-state index in [9.17, 15) is 9.90 Å². The molecule has 4 nitrogen and oxygen atoms in total. The third kappa shape index (κ3) is 4.53. The summed E-state index contributed by atoms with van der Waals surface area (Å²) >= 11 is 0. The molecule has 0 bridgehead atoms. The molecule has 122 valence electrons. The van der Waals surface area contributed by atoms with E-state index >= 15 is 0 Å². The normalized spacial score (nSPS) is 16.8. The van der Waals surface area contributed by atoms with Crippen molar-refractivity contribution < 1.29 is 19.4 Å². The number of cyclic esters (lactones) is 1.